The Morgan fingerprint density at radius 2 is 2.12 bits per heavy atom. The predicted molar refractivity (Wildman–Crippen MR) is 66.0 cm³/mol. The minimum atomic E-state index is -0.348. The van der Waals surface area contributed by atoms with Gasteiger partial charge < -0.3 is 9.72 Å². The molecule has 1 aromatic rings. The van der Waals surface area contributed by atoms with Gasteiger partial charge in [0, 0.05) is 18.4 Å². The normalized spacial score (nSPS) is 18.5. The van der Waals surface area contributed by atoms with Crippen molar-refractivity contribution in [3.05, 3.63) is 27.9 Å². The monoisotopic (exact) mass is 236 g/mol. The van der Waals surface area contributed by atoms with Crippen LogP contribution in [0.5, 0.6) is 0 Å². The number of rotatable bonds is 4. The predicted octanol–water partition coefficient (Wildman–Crippen LogP) is 2.14. The van der Waals surface area contributed by atoms with Crippen LogP contribution in [0.3, 0.4) is 0 Å². The number of aromatic amines is 1. The molecule has 1 heterocycles. The Labute approximate surface area is 101 Å². The molecule has 1 aromatic heterocycles. The first-order valence-corrected chi connectivity index (χ1v) is 6.45. The molecule has 1 aliphatic rings. The summed E-state index contributed by atoms with van der Waals surface area (Å²) in [6, 6.07) is 1.57. The van der Waals surface area contributed by atoms with Gasteiger partial charge in [0.15, 0.2) is 0 Å². The van der Waals surface area contributed by atoms with Gasteiger partial charge in [-0.3, -0.25) is 4.79 Å². The molecule has 0 atom stereocenters. The lowest BCUT2D eigenvalue weighted by molar-refractivity contribution is -0.0460. The average molecular weight is 236 g/mol. The molecule has 0 radical (unpaired) electrons. The maximum Gasteiger partial charge on any atom is 0.251 e. The highest BCUT2D eigenvalue weighted by atomic mass is 16.5. The van der Waals surface area contributed by atoms with Crippen molar-refractivity contribution in [2.45, 2.75) is 51.6 Å². The lowest BCUT2D eigenvalue weighted by atomic mass is 10.0. The fourth-order valence-corrected chi connectivity index (χ4v) is 2.58. The summed E-state index contributed by atoms with van der Waals surface area (Å²) in [6.45, 7) is 4.65. The lowest BCUT2D eigenvalue weighted by Gasteiger charge is -2.27. The Bertz CT molecular complexity index is 433. The van der Waals surface area contributed by atoms with Gasteiger partial charge in [-0.15, -0.1) is 0 Å². The van der Waals surface area contributed by atoms with E-state index in [1.165, 1.54) is 0 Å². The van der Waals surface area contributed by atoms with Crippen LogP contribution in [0.4, 0.5) is 0 Å². The summed E-state index contributed by atoms with van der Waals surface area (Å²) in [5.41, 5.74) is 0.423. The number of aromatic nitrogens is 2. The molecule has 4 nitrogen and oxygen atoms in total. The molecule has 0 unspecified atom stereocenters. The molecule has 1 N–H and O–H groups in total. The van der Waals surface area contributed by atoms with Gasteiger partial charge in [-0.05, 0) is 39.0 Å². The maximum atomic E-state index is 11.6. The van der Waals surface area contributed by atoms with E-state index in [2.05, 4.69) is 9.97 Å². The van der Waals surface area contributed by atoms with E-state index in [1.54, 1.807) is 6.07 Å². The third-order valence-electron chi connectivity index (χ3n) is 3.42. The van der Waals surface area contributed by atoms with E-state index < -0.39 is 0 Å². The number of hydrogen-bond donors (Lipinski definition) is 1. The van der Waals surface area contributed by atoms with Gasteiger partial charge in [0.1, 0.15) is 11.4 Å². The van der Waals surface area contributed by atoms with Crippen molar-refractivity contribution in [2.24, 2.45) is 0 Å². The number of nitrogens with zero attached hydrogens (tertiary/aromatic N) is 1. The standard InChI is InChI=1S/C13H20N2O2/c1-3-10-9-11(16)15-12(14-10)13(17-4-2)7-5-6-8-13/h9H,3-8H2,1-2H3,(H,14,15,16). The third kappa shape index (κ3) is 2.41. The van der Waals surface area contributed by atoms with E-state index in [-0.39, 0.29) is 11.2 Å². The highest BCUT2D eigenvalue weighted by Gasteiger charge is 2.38. The van der Waals surface area contributed by atoms with Crippen LogP contribution >= 0.6 is 0 Å². The van der Waals surface area contributed by atoms with Crippen LogP contribution in [0.1, 0.15) is 51.0 Å². The molecule has 0 amide bonds. The molecular formula is C13H20N2O2. The summed E-state index contributed by atoms with van der Waals surface area (Å²) in [4.78, 5) is 19.0. The van der Waals surface area contributed by atoms with Crippen LogP contribution < -0.4 is 5.56 Å². The molecule has 0 saturated heterocycles. The minimum absolute atomic E-state index is 0.0715. The molecule has 0 aromatic carbocycles. The molecule has 4 heteroatoms. The summed E-state index contributed by atoms with van der Waals surface area (Å²) in [5, 5.41) is 0. The molecule has 1 saturated carbocycles. The SMILES string of the molecule is CCOC1(c2nc(CC)cc(=O)[nH]2)CCCC1. The fourth-order valence-electron chi connectivity index (χ4n) is 2.58. The third-order valence-corrected chi connectivity index (χ3v) is 3.42. The Morgan fingerprint density at radius 3 is 2.71 bits per heavy atom. The number of H-pyrrole nitrogens is 1. The van der Waals surface area contributed by atoms with E-state index in [0.717, 1.165) is 43.6 Å². The van der Waals surface area contributed by atoms with Crippen LogP contribution in [0.25, 0.3) is 0 Å². The first-order chi connectivity index (χ1) is 8.20. The number of hydrogen-bond acceptors (Lipinski definition) is 3. The molecule has 0 spiro atoms. The van der Waals surface area contributed by atoms with Crippen molar-refractivity contribution in [3.63, 3.8) is 0 Å². The van der Waals surface area contributed by atoms with E-state index in [4.69, 9.17) is 4.74 Å². The van der Waals surface area contributed by atoms with Crippen molar-refractivity contribution < 1.29 is 4.74 Å². The van der Waals surface area contributed by atoms with Gasteiger partial charge in [0.05, 0.1) is 0 Å². The van der Waals surface area contributed by atoms with Crippen LogP contribution in [-0.2, 0) is 16.8 Å². The summed E-state index contributed by atoms with van der Waals surface area (Å²) >= 11 is 0. The van der Waals surface area contributed by atoms with E-state index in [9.17, 15) is 4.79 Å². The molecule has 1 aliphatic carbocycles. The summed E-state index contributed by atoms with van der Waals surface area (Å²) in [6.07, 6.45) is 4.97. The number of nitrogens with one attached hydrogen (secondary N) is 1. The van der Waals surface area contributed by atoms with Crippen molar-refractivity contribution in [3.8, 4) is 0 Å². The number of aryl methyl sites for hydroxylation is 1. The van der Waals surface area contributed by atoms with Crippen LogP contribution in [0.2, 0.25) is 0 Å². The maximum absolute atomic E-state index is 11.6. The van der Waals surface area contributed by atoms with Gasteiger partial charge in [0.2, 0.25) is 0 Å². The smallest absolute Gasteiger partial charge is 0.251 e. The Hall–Kier alpha value is -1.16. The van der Waals surface area contributed by atoms with Crippen LogP contribution in [-0.4, -0.2) is 16.6 Å². The zero-order valence-corrected chi connectivity index (χ0v) is 10.6. The zero-order chi connectivity index (χ0) is 12.3. The molecule has 2 rings (SSSR count). The van der Waals surface area contributed by atoms with Crippen molar-refractivity contribution in [1.82, 2.24) is 9.97 Å². The summed E-state index contributed by atoms with van der Waals surface area (Å²) in [7, 11) is 0. The quantitative estimate of drug-likeness (QED) is 0.871. The van der Waals surface area contributed by atoms with E-state index in [0.29, 0.717) is 6.61 Å². The van der Waals surface area contributed by atoms with Gasteiger partial charge in [-0.25, -0.2) is 4.98 Å². The molecule has 1 fully saturated rings. The largest absolute Gasteiger partial charge is 0.367 e. The van der Waals surface area contributed by atoms with E-state index in [1.807, 2.05) is 13.8 Å². The van der Waals surface area contributed by atoms with Gasteiger partial charge >= 0.3 is 0 Å². The highest BCUT2D eigenvalue weighted by molar-refractivity contribution is 5.10. The van der Waals surface area contributed by atoms with Gasteiger partial charge in [-0.1, -0.05) is 6.92 Å². The molecule has 94 valence electrons. The Morgan fingerprint density at radius 1 is 1.41 bits per heavy atom. The first kappa shape index (κ1) is 12.3. The van der Waals surface area contributed by atoms with Crippen LogP contribution in [0.15, 0.2) is 10.9 Å². The van der Waals surface area contributed by atoms with Gasteiger partial charge in [-0.2, -0.15) is 0 Å². The van der Waals surface area contributed by atoms with Crippen molar-refractivity contribution in [2.75, 3.05) is 6.61 Å². The van der Waals surface area contributed by atoms with Crippen molar-refractivity contribution in [1.29, 1.82) is 0 Å². The first-order valence-electron chi connectivity index (χ1n) is 6.45. The van der Waals surface area contributed by atoms with Gasteiger partial charge in [0.25, 0.3) is 5.56 Å². The average Bonchev–Trinajstić information content (AvgIpc) is 2.78. The topological polar surface area (TPSA) is 55.0 Å². The lowest BCUT2D eigenvalue weighted by Crippen LogP contribution is -2.31. The summed E-state index contributed by atoms with van der Waals surface area (Å²) < 4.78 is 5.90. The fraction of sp³-hybridized carbons (Fsp3) is 0.692. The highest BCUT2D eigenvalue weighted by Crippen LogP contribution is 2.40. The molecule has 0 bridgehead atoms. The van der Waals surface area contributed by atoms with Crippen LogP contribution in [0, 0.1) is 0 Å². The van der Waals surface area contributed by atoms with Crippen molar-refractivity contribution >= 4 is 0 Å². The van der Waals surface area contributed by atoms with E-state index >= 15 is 0 Å². The number of ether oxygens (including phenoxy) is 1. The molecule has 17 heavy (non-hydrogen) atoms. The zero-order valence-electron chi connectivity index (χ0n) is 10.6. The second-order valence-corrected chi connectivity index (χ2v) is 4.57. The molecular weight excluding hydrogens is 216 g/mol. The Kier molecular flexibility index (Phi) is 3.62. The minimum Gasteiger partial charge on any atom is -0.367 e. The second-order valence-electron chi connectivity index (χ2n) is 4.57. The second kappa shape index (κ2) is 5.00. The Balaban J connectivity index is 2.42. The molecule has 0 aliphatic heterocycles. The summed E-state index contributed by atoms with van der Waals surface area (Å²) in [5.74, 6) is 0.723.